The van der Waals surface area contributed by atoms with Crippen LogP contribution in [0.5, 0.6) is 0 Å². The lowest BCUT2D eigenvalue weighted by Gasteiger charge is -2.31. The van der Waals surface area contributed by atoms with E-state index in [9.17, 15) is 22.9 Å². The molecular formula is C31H32FN5O3S. The molecule has 0 spiro atoms. The first-order valence-electron chi connectivity index (χ1n) is 14.4. The molecule has 7 rings (SSSR count). The van der Waals surface area contributed by atoms with Crippen LogP contribution in [0.3, 0.4) is 0 Å². The molecule has 0 unspecified atom stereocenters. The molecule has 1 aliphatic heterocycles. The number of carbonyl (C=O) groups is 1. The molecule has 212 valence electrons. The van der Waals surface area contributed by atoms with E-state index in [1.807, 2.05) is 30.5 Å². The Balaban J connectivity index is 1.24. The topological polar surface area (TPSA) is 108 Å². The van der Waals surface area contributed by atoms with Crippen LogP contribution in [0.25, 0.3) is 16.8 Å². The summed E-state index contributed by atoms with van der Waals surface area (Å²) in [7, 11) is -2.97. The average Bonchev–Trinajstić information content (AvgIpc) is 3.88. The minimum absolute atomic E-state index is 0.0583. The zero-order chi connectivity index (χ0) is 28.4. The largest absolute Gasteiger partial charge is 0.369 e. The quantitative estimate of drug-likeness (QED) is 0.473. The van der Waals surface area contributed by atoms with Crippen molar-refractivity contribution in [3.63, 3.8) is 0 Å². The van der Waals surface area contributed by atoms with Gasteiger partial charge in [-0.25, -0.2) is 17.5 Å². The number of aromatic nitrogens is 2. The number of amides is 1. The molecule has 0 radical (unpaired) electrons. The molecule has 2 aromatic carbocycles. The first-order chi connectivity index (χ1) is 19.7. The summed E-state index contributed by atoms with van der Waals surface area (Å²) < 4.78 is 39.2. The molecule has 1 aromatic heterocycles. The number of carbonyl (C=O) groups excluding carboxylic acids is 1. The fourth-order valence-corrected chi connectivity index (χ4v) is 7.81. The van der Waals surface area contributed by atoms with Crippen molar-refractivity contribution < 1.29 is 17.6 Å². The maximum absolute atomic E-state index is 13.7. The third-order valence-corrected chi connectivity index (χ3v) is 11.0. The zero-order valence-electron chi connectivity index (χ0n) is 22.7. The Morgan fingerprint density at radius 1 is 0.976 bits per heavy atom. The molecule has 3 aromatic rings. The number of fused-ring (bicyclic) bond motifs is 1. The summed E-state index contributed by atoms with van der Waals surface area (Å²) in [5.41, 5.74) is 3.70. The minimum Gasteiger partial charge on any atom is -0.369 e. The van der Waals surface area contributed by atoms with Crippen LogP contribution in [0.15, 0.2) is 54.7 Å². The molecule has 10 heteroatoms. The molecular weight excluding hydrogens is 541 g/mol. The smallest absolute Gasteiger partial charge is 0.225 e. The van der Waals surface area contributed by atoms with Crippen LogP contribution in [0, 0.1) is 34.9 Å². The molecule has 0 bridgehead atoms. The maximum Gasteiger partial charge on any atom is 0.225 e. The van der Waals surface area contributed by atoms with E-state index in [-0.39, 0.29) is 35.1 Å². The predicted molar refractivity (Wildman–Crippen MR) is 153 cm³/mol. The highest BCUT2D eigenvalue weighted by Crippen LogP contribution is 2.57. The Kier molecular flexibility index (Phi) is 6.19. The number of nitrogens with zero attached hydrogens (tertiary/aromatic N) is 4. The van der Waals surface area contributed by atoms with Crippen LogP contribution >= 0.6 is 0 Å². The maximum atomic E-state index is 13.7. The minimum atomic E-state index is -2.97. The molecule has 1 N–H and O–H groups in total. The van der Waals surface area contributed by atoms with Crippen molar-refractivity contribution in [2.75, 3.05) is 29.5 Å². The molecule has 8 nitrogen and oxygen atoms in total. The van der Waals surface area contributed by atoms with Crippen LogP contribution in [0.4, 0.5) is 10.1 Å². The van der Waals surface area contributed by atoms with Crippen LogP contribution in [0.1, 0.15) is 43.7 Å². The fourth-order valence-electron chi connectivity index (χ4n) is 6.61. The van der Waals surface area contributed by atoms with E-state index in [4.69, 9.17) is 5.10 Å². The van der Waals surface area contributed by atoms with E-state index in [1.54, 1.807) is 16.8 Å². The molecule has 4 aliphatic rings. The van der Waals surface area contributed by atoms with E-state index >= 15 is 0 Å². The fraction of sp³-hybridized carbons (Fsp3) is 0.452. The van der Waals surface area contributed by atoms with Gasteiger partial charge in [0.25, 0.3) is 0 Å². The van der Waals surface area contributed by atoms with Gasteiger partial charge in [-0.2, -0.15) is 10.4 Å². The van der Waals surface area contributed by atoms with Gasteiger partial charge < -0.3 is 10.2 Å². The van der Waals surface area contributed by atoms with Crippen molar-refractivity contribution in [3.8, 4) is 22.9 Å². The Bertz CT molecular complexity index is 1630. The second-order valence-electron chi connectivity index (χ2n) is 12.2. The Morgan fingerprint density at radius 3 is 2.29 bits per heavy atom. The van der Waals surface area contributed by atoms with Gasteiger partial charge in [0.05, 0.1) is 29.0 Å². The highest BCUT2D eigenvalue weighted by atomic mass is 32.2. The van der Waals surface area contributed by atoms with Crippen molar-refractivity contribution in [3.05, 3.63) is 66.2 Å². The molecule has 4 atom stereocenters. The van der Waals surface area contributed by atoms with Crippen LogP contribution < -0.4 is 10.2 Å². The first kappa shape index (κ1) is 26.2. The van der Waals surface area contributed by atoms with Gasteiger partial charge in [-0.3, -0.25) is 4.79 Å². The lowest BCUT2D eigenvalue weighted by atomic mass is 9.75. The van der Waals surface area contributed by atoms with E-state index in [2.05, 4.69) is 16.3 Å². The highest BCUT2D eigenvalue weighted by molar-refractivity contribution is 7.91. The Hall–Kier alpha value is -3.71. The second kappa shape index (κ2) is 9.69. The number of anilines is 1. The number of hydrogen-bond donors (Lipinski definition) is 1. The van der Waals surface area contributed by atoms with Gasteiger partial charge >= 0.3 is 0 Å². The van der Waals surface area contributed by atoms with Crippen molar-refractivity contribution in [1.82, 2.24) is 15.1 Å². The average molecular weight is 574 g/mol. The third kappa shape index (κ3) is 5.12. The van der Waals surface area contributed by atoms with Gasteiger partial charge in [-0.15, -0.1) is 0 Å². The van der Waals surface area contributed by atoms with Crippen molar-refractivity contribution in [2.24, 2.45) is 17.8 Å². The van der Waals surface area contributed by atoms with Gasteiger partial charge in [0.1, 0.15) is 11.4 Å². The summed E-state index contributed by atoms with van der Waals surface area (Å²) in [5, 5.41) is 17.7. The van der Waals surface area contributed by atoms with Crippen molar-refractivity contribution >= 4 is 21.4 Å². The SMILES string of the molecule is N#CC1(NC(=O)[C@@H]2C[C@H]3C[C@H]3C[C@H]2c2nn(-c3ccc(F)cc3)cc2-c2ccc(N3CCS(=O)(=O)CC3)cc2)CC1. The van der Waals surface area contributed by atoms with E-state index in [0.717, 1.165) is 47.5 Å². The summed E-state index contributed by atoms with van der Waals surface area (Å²) in [4.78, 5) is 15.7. The molecule has 1 saturated heterocycles. The number of benzene rings is 2. The molecule has 2 heterocycles. The second-order valence-corrected chi connectivity index (χ2v) is 14.5. The summed E-state index contributed by atoms with van der Waals surface area (Å²) in [6, 6.07) is 16.6. The van der Waals surface area contributed by atoms with Gasteiger partial charge in [0.15, 0.2) is 9.84 Å². The third-order valence-electron chi connectivity index (χ3n) is 9.40. The lowest BCUT2D eigenvalue weighted by molar-refractivity contribution is -0.127. The van der Waals surface area contributed by atoms with Gasteiger partial charge in [0, 0.05) is 42.4 Å². The lowest BCUT2D eigenvalue weighted by Crippen LogP contribution is -2.43. The standard InChI is InChI=1S/C31H32FN5O3S/c32-23-3-7-25(8-4-23)37-18-28(20-1-5-24(6-2-20)36-11-13-41(39,40)14-12-36)29(35-37)26-16-21-15-22(21)17-27(26)30(38)34-31(19-33)9-10-31/h1-8,18,21-22,26-27H,9-17H2,(H,34,38)/t21-,22+,26+,27+/m0/s1. The van der Waals surface area contributed by atoms with Gasteiger partial charge in [-0.05, 0) is 85.9 Å². The number of nitrogens with one attached hydrogen (secondary N) is 1. The van der Waals surface area contributed by atoms with Crippen molar-refractivity contribution in [1.29, 1.82) is 5.26 Å². The Morgan fingerprint density at radius 2 is 1.63 bits per heavy atom. The van der Waals surface area contributed by atoms with Crippen LogP contribution in [-0.2, 0) is 14.6 Å². The van der Waals surface area contributed by atoms with Gasteiger partial charge in [-0.1, -0.05) is 12.1 Å². The van der Waals surface area contributed by atoms with Crippen LogP contribution in [0.2, 0.25) is 0 Å². The van der Waals surface area contributed by atoms with Crippen molar-refractivity contribution in [2.45, 2.75) is 43.6 Å². The predicted octanol–water partition coefficient (Wildman–Crippen LogP) is 4.22. The first-order valence-corrected chi connectivity index (χ1v) is 16.2. The van der Waals surface area contributed by atoms with E-state index in [0.29, 0.717) is 37.8 Å². The number of sulfone groups is 1. The molecule has 41 heavy (non-hydrogen) atoms. The monoisotopic (exact) mass is 573 g/mol. The van der Waals surface area contributed by atoms with E-state index < -0.39 is 15.4 Å². The normalized spacial score (nSPS) is 27.4. The highest BCUT2D eigenvalue weighted by Gasteiger charge is 2.52. The number of nitriles is 1. The zero-order valence-corrected chi connectivity index (χ0v) is 23.5. The van der Waals surface area contributed by atoms with Crippen LogP contribution in [-0.4, -0.2) is 54.2 Å². The number of halogens is 1. The number of hydrogen-bond acceptors (Lipinski definition) is 6. The Labute approximate surface area is 239 Å². The summed E-state index contributed by atoms with van der Waals surface area (Å²) in [6.07, 6.45) is 6.13. The van der Waals surface area contributed by atoms with Gasteiger partial charge in [0.2, 0.25) is 5.91 Å². The summed E-state index contributed by atoms with van der Waals surface area (Å²) in [5.74, 6) is 0.695. The molecule has 3 aliphatic carbocycles. The molecule has 1 amide bonds. The molecule has 4 fully saturated rings. The summed E-state index contributed by atoms with van der Waals surface area (Å²) >= 11 is 0. The molecule has 3 saturated carbocycles. The summed E-state index contributed by atoms with van der Waals surface area (Å²) in [6.45, 7) is 0.947. The number of rotatable bonds is 6. The van der Waals surface area contributed by atoms with E-state index in [1.165, 1.54) is 12.1 Å².